The van der Waals surface area contributed by atoms with Crippen LogP contribution in [0.25, 0.3) is 11.0 Å². The monoisotopic (exact) mass is 190 g/mol. The van der Waals surface area contributed by atoms with Gasteiger partial charge in [-0.2, -0.15) is 0 Å². The molecule has 5 heteroatoms. The number of aromatic nitrogens is 2. The van der Waals surface area contributed by atoms with Gasteiger partial charge in [-0.25, -0.2) is 9.62 Å². The van der Waals surface area contributed by atoms with E-state index in [1.807, 2.05) is 37.2 Å². The van der Waals surface area contributed by atoms with Gasteiger partial charge in [0.1, 0.15) is 5.52 Å². The first-order chi connectivity index (χ1) is 6.77. The van der Waals surface area contributed by atoms with Gasteiger partial charge in [-0.3, -0.25) is 0 Å². The minimum atomic E-state index is 0.686. The van der Waals surface area contributed by atoms with Crippen molar-refractivity contribution in [3.63, 3.8) is 0 Å². The van der Waals surface area contributed by atoms with E-state index in [0.717, 1.165) is 11.2 Å². The van der Waals surface area contributed by atoms with E-state index in [0.29, 0.717) is 5.52 Å². The molecule has 1 heterocycles. The summed E-state index contributed by atoms with van der Waals surface area (Å²) in [6.45, 7) is 0. The van der Waals surface area contributed by atoms with Crippen LogP contribution in [0.1, 0.15) is 0 Å². The van der Waals surface area contributed by atoms with Crippen molar-refractivity contribution in [2.75, 3.05) is 14.1 Å². The number of hydrogen-bond donors (Lipinski definition) is 0. The molecule has 0 aliphatic heterocycles. The van der Waals surface area contributed by atoms with Crippen molar-refractivity contribution in [2.45, 2.75) is 0 Å². The Balaban J connectivity index is 2.46. The van der Waals surface area contributed by atoms with Gasteiger partial charge in [0, 0.05) is 14.1 Å². The van der Waals surface area contributed by atoms with Crippen molar-refractivity contribution < 1.29 is 4.63 Å². The highest BCUT2D eigenvalue weighted by atomic mass is 16.6. The fourth-order valence-corrected chi connectivity index (χ4v) is 1.07. The topological polar surface area (TPSA) is 54.5 Å². The number of hydrogen-bond acceptors (Lipinski definition) is 4. The quantitative estimate of drug-likeness (QED) is 0.531. The normalized spacial score (nSPS) is 11.3. The predicted octanol–water partition coefficient (Wildman–Crippen LogP) is 1.44. The molecule has 0 unspecified atom stereocenters. The van der Waals surface area contributed by atoms with Gasteiger partial charge in [0.2, 0.25) is 0 Å². The number of nitrogens with zero attached hydrogens (tertiary/aromatic N) is 4. The van der Waals surface area contributed by atoms with Crippen LogP contribution in [0.3, 0.4) is 0 Å². The summed E-state index contributed by atoms with van der Waals surface area (Å²) in [7, 11) is 3.81. The molecule has 1 aromatic carbocycles. The molecule has 0 aliphatic carbocycles. The molecule has 0 aliphatic rings. The Hall–Kier alpha value is -1.91. The van der Waals surface area contributed by atoms with Crippen molar-refractivity contribution in [3.8, 4) is 0 Å². The smallest absolute Gasteiger partial charge is 0.160 e. The lowest BCUT2D eigenvalue weighted by Crippen LogP contribution is -2.06. The van der Waals surface area contributed by atoms with Gasteiger partial charge >= 0.3 is 0 Å². The van der Waals surface area contributed by atoms with Crippen LogP contribution in [-0.4, -0.2) is 35.6 Å². The molecule has 14 heavy (non-hydrogen) atoms. The van der Waals surface area contributed by atoms with Crippen LogP contribution in [0.4, 0.5) is 5.69 Å². The highest BCUT2D eigenvalue weighted by Gasteiger charge is 2.03. The van der Waals surface area contributed by atoms with Gasteiger partial charge < -0.3 is 4.90 Å². The molecule has 0 bridgehead atoms. The Morgan fingerprint density at radius 2 is 2.21 bits per heavy atom. The van der Waals surface area contributed by atoms with Crippen LogP contribution in [-0.2, 0) is 0 Å². The first-order valence-electron chi connectivity index (χ1n) is 4.19. The number of rotatable bonds is 2. The van der Waals surface area contributed by atoms with E-state index in [1.165, 1.54) is 0 Å². The minimum absolute atomic E-state index is 0.686. The van der Waals surface area contributed by atoms with E-state index in [4.69, 9.17) is 0 Å². The molecule has 2 rings (SSSR count). The second kappa shape index (κ2) is 3.45. The molecule has 72 valence electrons. The van der Waals surface area contributed by atoms with Crippen LogP contribution in [0.5, 0.6) is 0 Å². The average molecular weight is 190 g/mol. The number of fused-ring (bicyclic) bond motifs is 1. The largest absolute Gasteiger partial charge is 0.369 e. The SMILES string of the molecule is CN(C)C=Nc1cccc2nonc12. The third-order valence-electron chi connectivity index (χ3n) is 1.69. The summed E-state index contributed by atoms with van der Waals surface area (Å²) in [5.41, 5.74) is 2.17. The fourth-order valence-electron chi connectivity index (χ4n) is 1.07. The standard InChI is InChI=1S/C9H10N4O/c1-13(2)6-10-7-4-3-5-8-9(7)12-14-11-8/h3-6H,1-2H3. The van der Waals surface area contributed by atoms with Gasteiger partial charge in [-0.05, 0) is 22.4 Å². The molecule has 0 saturated heterocycles. The summed E-state index contributed by atoms with van der Waals surface area (Å²) < 4.78 is 4.62. The van der Waals surface area contributed by atoms with Crippen LogP contribution in [0.2, 0.25) is 0 Å². The molecule has 0 N–H and O–H groups in total. The van der Waals surface area contributed by atoms with Crippen molar-refractivity contribution in [1.82, 2.24) is 15.2 Å². The Morgan fingerprint density at radius 3 is 3.00 bits per heavy atom. The number of aliphatic imine (C=N–C) groups is 1. The van der Waals surface area contributed by atoms with Crippen molar-refractivity contribution in [1.29, 1.82) is 0 Å². The fraction of sp³-hybridized carbons (Fsp3) is 0.222. The third kappa shape index (κ3) is 1.56. The summed E-state index contributed by atoms with van der Waals surface area (Å²) in [4.78, 5) is 6.10. The molecule has 2 aromatic rings. The zero-order valence-corrected chi connectivity index (χ0v) is 8.01. The predicted molar refractivity (Wildman–Crippen MR) is 53.6 cm³/mol. The molecule has 0 radical (unpaired) electrons. The van der Waals surface area contributed by atoms with Gasteiger partial charge in [0.25, 0.3) is 0 Å². The third-order valence-corrected chi connectivity index (χ3v) is 1.69. The summed E-state index contributed by atoms with van der Waals surface area (Å²) >= 11 is 0. The summed E-state index contributed by atoms with van der Waals surface area (Å²) in [5.74, 6) is 0. The molecule has 0 fully saturated rings. The molecule has 0 saturated carbocycles. The molecule has 0 atom stereocenters. The minimum Gasteiger partial charge on any atom is -0.369 e. The lowest BCUT2D eigenvalue weighted by Gasteiger charge is -2.01. The van der Waals surface area contributed by atoms with Gasteiger partial charge in [0.15, 0.2) is 5.52 Å². The van der Waals surface area contributed by atoms with Crippen molar-refractivity contribution in [2.24, 2.45) is 4.99 Å². The molecule has 5 nitrogen and oxygen atoms in total. The van der Waals surface area contributed by atoms with E-state index in [1.54, 1.807) is 6.34 Å². The second-order valence-electron chi connectivity index (χ2n) is 3.12. The average Bonchev–Trinajstić information content (AvgIpc) is 2.62. The number of benzene rings is 1. The van der Waals surface area contributed by atoms with Crippen molar-refractivity contribution >= 4 is 23.1 Å². The highest BCUT2D eigenvalue weighted by Crippen LogP contribution is 2.21. The van der Waals surface area contributed by atoms with Crippen LogP contribution < -0.4 is 0 Å². The van der Waals surface area contributed by atoms with E-state index >= 15 is 0 Å². The maximum Gasteiger partial charge on any atom is 0.160 e. The van der Waals surface area contributed by atoms with Crippen LogP contribution in [0.15, 0.2) is 27.8 Å². The Kier molecular flexibility index (Phi) is 2.14. The van der Waals surface area contributed by atoms with Gasteiger partial charge in [0.05, 0.1) is 12.0 Å². The van der Waals surface area contributed by atoms with Crippen molar-refractivity contribution in [3.05, 3.63) is 18.2 Å². The van der Waals surface area contributed by atoms with Crippen LogP contribution >= 0.6 is 0 Å². The molecule has 1 aromatic heterocycles. The Labute approximate surface area is 81.0 Å². The van der Waals surface area contributed by atoms with Gasteiger partial charge in [-0.1, -0.05) is 6.07 Å². The van der Waals surface area contributed by atoms with E-state index in [9.17, 15) is 0 Å². The maximum absolute atomic E-state index is 4.62. The lowest BCUT2D eigenvalue weighted by molar-refractivity contribution is 0.315. The maximum atomic E-state index is 4.62. The van der Waals surface area contributed by atoms with E-state index in [2.05, 4.69) is 19.9 Å². The Morgan fingerprint density at radius 1 is 1.36 bits per heavy atom. The van der Waals surface area contributed by atoms with Crippen LogP contribution in [0, 0.1) is 0 Å². The second-order valence-corrected chi connectivity index (χ2v) is 3.12. The molecular formula is C9H10N4O. The Bertz CT molecular complexity index is 461. The molecule has 0 spiro atoms. The first kappa shape index (κ1) is 8.68. The zero-order chi connectivity index (χ0) is 9.97. The summed E-state index contributed by atoms with van der Waals surface area (Å²) in [5, 5.41) is 7.51. The zero-order valence-electron chi connectivity index (χ0n) is 8.01. The lowest BCUT2D eigenvalue weighted by atomic mass is 10.3. The summed E-state index contributed by atoms with van der Waals surface area (Å²) in [6, 6.07) is 5.57. The molecular weight excluding hydrogens is 180 g/mol. The van der Waals surface area contributed by atoms with E-state index < -0.39 is 0 Å². The van der Waals surface area contributed by atoms with Gasteiger partial charge in [-0.15, -0.1) is 0 Å². The highest BCUT2D eigenvalue weighted by molar-refractivity contribution is 5.86. The first-order valence-corrected chi connectivity index (χ1v) is 4.19. The molecule has 0 amide bonds. The van der Waals surface area contributed by atoms with E-state index in [-0.39, 0.29) is 0 Å². The summed E-state index contributed by atoms with van der Waals surface area (Å²) in [6.07, 6.45) is 1.71.